The Morgan fingerprint density at radius 3 is 2.29 bits per heavy atom. The quantitative estimate of drug-likeness (QED) is 0.781. The first-order chi connectivity index (χ1) is 11.4. The Morgan fingerprint density at radius 2 is 1.67 bits per heavy atom. The largest absolute Gasteiger partial charge is 0.319 e. The number of nitrogens with zero attached hydrogens (tertiary/aromatic N) is 3. The summed E-state index contributed by atoms with van der Waals surface area (Å²) in [6.07, 6.45) is 0. The number of hydrogen-bond acceptors (Lipinski definition) is 3. The molecule has 0 saturated heterocycles. The smallest absolute Gasteiger partial charge is 0.295 e. The van der Waals surface area contributed by atoms with Crippen molar-refractivity contribution in [1.29, 1.82) is 0 Å². The average molecular weight is 341 g/mol. The standard InChI is InChI=1S/C18H17ClN4O/c1-11-8-12(2)10-15(9-11)21-18(24)17-20-13(3)23(22-17)16-6-4-14(19)5-7-16/h4-10H,1-3H3,(H,21,24). The zero-order valence-electron chi connectivity index (χ0n) is 13.7. The van der Waals surface area contributed by atoms with Crippen LogP contribution in [0.1, 0.15) is 27.6 Å². The van der Waals surface area contributed by atoms with Gasteiger partial charge in [-0.25, -0.2) is 9.67 Å². The van der Waals surface area contributed by atoms with Crippen molar-refractivity contribution >= 4 is 23.2 Å². The molecule has 1 N–H and O–H groups in total. The van der Waals surface area contributed by atoms with E-state index in [2.05, 4.69) is 15.4 Å². The van der Waals surface area contributed by atoms with E-state index >= 15 is 0 Å². The van der Waals surface area contributed by atoms with Gasteiger partial charge in [0, 0.05) is 10.7 Å². The summed E-state index contributed by atoms with van der Waals surface area (Å²) in [6.45, 7) is 5.77. The van der Waals surface area contributed by atoms with Crippen LogP contribution in [-0.4, -0.2) is 20.7 Å². The van der Waals surface area contributed by atoms with E-state index in [0.717, 1.165) is 22.5 Å². The van der Waals surface area contributed by atoms with Crippen molar-refractivity contribution in [2.24, 2.45) is 0 Å². The van der Waals surface area contributed by atoms with Gasteiger partial charge in [-0.2, -0.15) is 0 Å². The third-order valence-corrected chi connectivity index (χ3v) is 3.77. The van der Waals surface area contributed by atoms with Gasteiger partial charge in [0.2, 0.25) is 5.82 Å². The van der Waals surface area contributed by atoms with Gasteiger partial charge in [-0.1, -0.05) is 17.7 Å². The van der Waals surface area contributed by atoms with Gasteiger partial charge in [-0.3, -0.25) is 4.79 Å². The maximum atomic E-state index is 12.4. The van der Waals surface area contributed by atoms with Crippen molar-refractivity contribution in [3.8, 4) is 5.69 Å². The summed E-state index contributed by atoms with van der Waals surface area (Å²) in [5, 5.41) is 7.79. The van der Waals surface area contributed by atoms with Crippen LogP contribution in [0.25, 0.3) is 5.69 Å². The number of benzene rings is 2. The minimum atomic E-state index is -0.337. The van der Waals surface area contributed by atoms with Gasteiger partial charge in [-0.05, 0) is 68.3 Å². The van der Waals surface area contributed by atoms with Crippen LogP contribution in [0.3, 0.4) is 0 Å². The molecule has 122 valence electrons. The lowest BCUT2D eigenvalue weighted by molar-refractivity contribution is 0.101. The molecule has 1 aromatic heterocycles. The Balaban J connectivity index is 1.86. The van der Waals surface area contributed by atoms with Gasteiger partial charge in [0.15, 0.2) is 0 Å². The normalized spacial score (nSPS) is 10.7. The highest BCUT2D eigenvalue weighted by molar-refractivity contribution is 6.30. The second-order valence-electron chi connectivity index (χ2n) is 5.70. The molecule has 2 aromatic carbocycles. The average Bonchev–Trinajstić information content (AvgIpc) is 2.89. The van der Waals surface area contributed by atoms with E-state index in [1.54, 1.807) is 23.7 Å². The maximum absolute atomic E-state index is 12.4. The summed E-state index contributed by atoms with van der Waals surface area (Å²) in [5.41, 5.74) is 3.70. The summed E-state index contributed by atoms with van der Waals surface area (Å²) in [7, 11) is 0. The van der Waals surface area contributed by atoms with Crippen LogP contribution in [-0.2, 0) is 0 Å². The Bertz CT molecular complexity index is 880. The molecule has 24 heavy (non-hydrogen) atoms. The highest BCUT2D eigenvalue weighted by Gasteiger charge is 2.15. The first kappa shape index (κ1) is 16.2. The lowest BCUT2D eigenvalue weighted by Crippen LogP contribution is -2.14. The molecule has 6 heteroatoms. The number of carbonyl (C=O) groups is 1. The van der Waals surface area contributed by atoms with E-state index in [0.29, 0.717) is 10.8 Å². The molecule has 0 unspecified atom stereocenters. The van der Waals surface area contributed by atoms with E-state index in [-0.39, 0.29) is 11.7 Å². The zero-order chi connectivity index (χ0) is 17.3. The highest BCUT2D eigenvalue weighted by Crippen LogP contribution is 2.16. The molecular formula is C18H17ClN4O. The minimum Gasteiger partial charge on any atom is -0.319 e. The van der Waals surface area contributed by atoms with E-state index in [4.69, 9.17) is 11.6 Å². The summed E-state index contributed by atoms with van der Waals surface area (Å²) in [5.74, 6) is 0.417. The number of rotatable bonds is 3. The Labute approximate surface area is 145 Å². The van der Waals surface area contributed by atoms with Crippen LogP contribution in [0.2, 0.25) is 5.02 Å². The van der Waals surface area contributed by atoms with Gasteiger partial charge < -0.3 is 5.32 Å². The van der Waals surface area contributed by atoms with E-state index in [1.165, 1.54) is 0 Å². The number of nitrogens with one attached hydrogen (secondary N) is 1. The van der Waals surface area contributed by atoms with Gasteiger partial charge in [0.05, 0.1) is 5.69 Å². The summed E-state index contributed by atoms with van der Waals surface area (Å²) in [6, 6.07) is 13.1. The molecule has 0 radical (unpaired) electrons. The second kappa shape index (κ2) is 6.45. The predicted molar refractivity (Wildman–Crippen MR) is 95.0 cm³/mol. The monoisotopic (exact) mass is 340 g/mol. The Morgan fingerprint density at radius 1 is 1.04 bits per heavy atom. The third-order valence-electron chi connectivity index (χ3n) is 3.52. The molecule has 0 bridgehead atoms. The molecular weight excluding hydrogens is 324 g/mol. The summed E-state index contributed by atoms with van der Waals surface area (Å²) < 4.78 is 1.62. The number of anilines is 1. The number of aryl methyl sites for hydroxylation is 3. The van der Waals surface area contributed by atoms with Crippen LogP contribution in [0.4, 0.5) is 5.69 Å². The van der Waals surface area contributed by atoms with Crippen LogP contribution in [0.15, 0.2) is 42.5 Å². The SMILES string of the molecule is Cc1cc(C)cc(NC(=O)c2nc(C)n(-c3ccc(Cl)cc3)n2)c1. The molecule has 1 amide bonds. The van der Waals surface area contributed by atoms with E-state index in [1.807, 2.05) is 44.2 Å². The number of amides is 1. The third kappa shape index (κ3) is 3.46. The lowest BCUT2D eigenvalue weighted by Gasteiger charge is -2.05. The second-order valence-corrected chi connectivity index (χ2v) is 6.14. The first-order valence-electron chi connectivity index (χ1n) is 7.51. The molecule has 0 aliphatic rings. The molecule has 0 atom stereocenters. The Kier molecular flexibility index (Phi) is 4.36. The van der Waals surface area contributed by atoms with Gasteiger partial charge in [-0.15, -0.1) is 5.10 Å². The van der Waals surface area contributed by atoms with Gasteiger partial charge >= 0.3 is 0 Å². The van der Waals surface area contributed by atoms with Crippen LogP contribution >= 0.6 is 11.6 Å². The van der Waals surface area contributed by atoms with Crippen molar-refractivity contribution in [1.82, 2.24) is 14.8 Å². The fourth-order valence-corrected chi connectivity index (χ4v) is 2.67. The summed E-state index contributed by atoms with van der Waals surface area (Å²) in [4.78, 5) is 16.7. The minimum absolute atomic E-state index is 0.126. The van der Waals surface area contributed by atoms with Gasteiger partial charge in [0.1, 0.15) is 5.82 Å². The zero-order valence-corrected chi connectivity index (χ0v) is 14.4. The fourth-order valence-electron chi connectivity index (χ4n) is 2.55. The van der Waals surface area contributed by atoms with Gasteiger partial charge in [0.25, 0.3) is 5.91 Å². The fraction of sp³-hybridized carbons (Fsp3) is 0.167. The topological polar surface area (TPSA) is 59.8 Å². The lowest BCUT2D eigenvalue weighted by atomic mass is 10.1. The predicted octanol–water partition coefficient (Wildman–Crippen LogP) is 4.10. The van der Waals surface area contributed by atoms with Crippen LogP contribution in [0.5, 0.6) is 0 Å². The van der Waals surface area contributed by atoms with Crippen molar-refractivity contribution in [2.45, 2.75) is 20.8 Å². The highest BCUT2D eigenvalue weighted by atomic mass is 35.5. The molecule has 0 fully saturated rings. The van der Waals surface area contributed by atoms with Crippen LogP contribution < -0.4 is 5.32 Å². The number of halogens is 1. The molecule has 3 aromatic rings. The molecule has 0 saturated carbocycles. The Hall–Kier alpha value is -2.66. The molecule has 0 aliphatic heterocycles. The molecule has 0 aliphatic carbocycles. The van der Waals surface area contributed by atoms with Crippen molar-refractivity contribution in [2.75, 3.05) is 5.32 Å². The molecule has 0 spiro atoms. The summed E-state index contributed by atoms with van der Waals surface area (Å²) >= 11 is 5.90. The maximum Gasteiger partial charge on any atom is 0.295 e. The number of hydrogen-bond donors (Lipinski definition) is 1. The van der Waals surface area contributed by atoms with E-state index < -0.39 is 0 Å². The number of aromatic nitrogens is 3. The molecule has 5 nitrogen and oxygen atoms in total. The van der Waals surface area contributed by atoms with Crippen molar-refractivity contribution in [3.63, 3.8) is 0 Å². The molecule has 1 heterocycles. The first-order valence-corrected chi connectivity index (χ1v) is 7.89. The molecule has 3 rings (SSSR count). The number of carbonyl (C=O) groups excluding carboxylic acids is 1. The van der Waals surface area contributed by atoms with E-state index in [9.17, 15) is 4.79 Å². The van der Waals surface area contributed by atoms with Crippen LogP contribution in [0, 0.1) is 20.8 Å². The van der Waals surface area contributed by atoms with Crippen molar-refractivity contribution < 1.29 is 4.79 Å². The van der Waals surface area contributed by atoms with Crippen molar-refractivity contribution in [3.05, 3.63) is 70.3 Å².